The van der Waals surface area contributed by atoms with Crippen LogP contribution in [0.5, 0.6) is 0 Å². The molecule has 2 nitrogen and oxygen atoms in total. The number of rotatable bonds is 6. The molecule has 0 bridgehead atoms. The van der Waals surface area contributed by atoms with Gasteiger partial charge >= 0.3 is 0 Å². The summed E-state index contributed by atoms with van der Waals surface area (Å²) in [6, 6.07) is 0.656. The molecule has 1 fully saturated rings. The normalized spacial score (nSPS) is 29.6. The Kier molecular flexibility index (Phi) is 7.56. The second kappa shape index (κ2) is 8.39. The van der Waals surface area contributed by atoms with Crippen LogP contribution in [-0.2, 0) is 0 Å². The molecule has 0 radical (unpaired) electrons. The highest BCUT2D eigenvalue weighted by molar-refractivity contribution is 8.00. The van der Waals surface area contributed by atoms with Gasteiger partial charge in [-0.1, -0.05) is 33.1 Å². The third-order valence-electron chi connectivity index (χ3n) is 3.68. The summed E-state index contributed by atoms with van der Waals surface area (Å²) in [6.07, 6.45) is 7.73. The SMILES string of the molecule is CCCNC1CCCCCC1SC(C)C(C)O. The quantitative estimate of drug-likeness (QED) is 0.719. The van der Waals surface area contributed by atoms with Gasteiger partial charge in [0.15, 0.2) is 0 Å². The Bertz CT molecular complexity index is 199. The summed E-state index contributed by atoms with van der Waals surface area (Å²) in [6.45, 7) is 7.41. The van der Waals surface area contributed by atoms with Crippen LogP contribution in [0, 0.1) is 0 Å². The summed E-state index contributed by atoms with van der Waals surface area (Å²) in [7, 11) is 0. The molecule has 0 aliphatic heterocycles. The Balaban J connectivity index is 2.49. The molecule has 1 saturated carbocycles. The first-order valence-corrected chi connectivity index (χ1v) is 8.16. The summed E-state index contributed by atoms with van der Waals surface area (Å²) < 4.78 is 0. The van der Waals surface area contributed by atoms with E-state index in [0.29, 0.717) is 16.5 Å². The van der Waals surface area contributed by atoms with E-state index in [1.807, 2.05) is 18.7 Å². The summed E-state index contributed by atoms with van der Waals surface area (Å²) >= 11 is 1.99. The Morgan fingerprint density at radius 2 is 1.94 bits per heavy atom. The molecule has 2 N–H and O–H groups in total. The van der Waals surface area contributed by atoms with Gasteiger partial charge in [-0.3, -0.25) is 0 Å². The van der Waals surface area contributed by atoms with Gasteiger partial charge in [-0.2, -0.15) is 11.8 Å². The average Bonchev–Trinajstić information content (AvgIpc) is 2.51. The topological polar surface area (TPSA) is 32.3 Å². The molecule has 4 atom stereocenters. The monoisotopic (exact) mass is 259 g/mol. The van der Waals surface area contributed by atoms with Gasteiger partial charge in [0.1, 0.15) is 0 Å². The fraction of sp³-hybridized carbons (Fsp3) is 1.00. The summed E-state index contributed by atoms with van der Waals surface area (Å²) in [5, 5.41) is 14.4. The smallest absolute Gasteiger partial charge is 0.0628 e. The predicted octanol–water partition coefficient (Wildman–Crippen LogP) is 3.19. The lowest BCUT2D eigenvalue weighted by Gasteiger charge is -2.29. The van der Waals surface area contributed by atoms with Crippen molar-refractivity contribution < 1.29 is 5.11 Å². The molecule has 0 amide bonds. The molecule has 0 heterocycles. The van der Waals surface area contributed by atoms with Gasteiger partial charge < -0.3 is 10.4 Å². The zero-order valence-corrected chi connectivity index (χ0v) is 12.4. The van der Waals surface area contributed by atoms with E-state index in [2.05, 4.69) is 19.2 Å². The van der Waals surface area contributed by atoms with Crippen molar-refractivity contribution in [3.8, 4) is 0 Å². The molecule has 0 aromatic carbocycles. The number of aliphatic hydroxyl groups is 1. The van der Waals surface area contributed by atoms with E-state index >= 15 is 0 Å². The first-order valence-electron chi connectivity index (χ1n) is 7.22. The van der Waals surface area contributed by atoms with Crippen LogP contribution in [0.4, 0.5) is 0 Å². The van der Waals surface area contributed by atoms with Crippen molar-refractivity contribution in [1.82, 2.24) is 5.32 Å². The lowest BCUT2D eigenvalue weighted by atomic mass is 10.1. The number of aliphatic hydroxyl groups excluding tert-OH is 1. The van der Waals surface area contributed by atoms with Crippen molar-refractivity contribution in [2.45, 2.75) is 81.9 Å². The van der Waals surface area contributed by atoms with E-state index in [4.69, 9.17) is 0 Å². The first kappa shape index (κ1) is 15.3. The van der Waals surface area contributed by atoms with Crippen LogP contribution >= 0.6 is 11.8 Å². The molecule has 0 saturated heterocycles. The minimum atomic E-state index is -0.199. The summed E-state index contributed by atoms with van der Waals surface area (Å²) in [5.74, 6) is 0. The minimum Gasteiger partial charge on any atom is -0.392 e. The molecule has 4 unspecified atom stereocenters. The number of thioether (sulfide) groups is 1. The van der Waals surface area contributed by atoms with Gasteiger partial charge in [0.2, 0.25) is 0 Å². The van der Waals surface area contributed by atoms with Crippen molar-refractivity contribution >= 4 is 11.8 Å². The predicted molar refractivity (Wildman–Crippen MR) is 77.7 cm³/mol. The second-order valence-corrected chi connectivity index (χ2v) is 6.94. The largest absolute Gasteiger partial charge is 0.392 e. The van der Waals surface area contributed by atoms with Crippen LogP contribution in [-0.4, -0.2) is 34.3 Å². The highest BCUT2D eigenvalue weighted by Gasteiger charge is 2.26. The standard InChI is InChI=1S/C14H29NOS/c1-4-10-15-13-8-6-5-7-9-14(13)17-12(3)11(2)16/h11-16H,4-10H2,1-3H3. The van der Waals surface area contributed by atoms with Crippen molar-refractivity contribution in [3.63, 3.8) is 0 Å². The number of hydrogen-bond donors (Lipinski definition) is 2. The van der Waals surface area contributed by atoms with Crippen LogP contribution in [0.2, 0.25) is 0 Å². The van der Waals surface area contributed by atoms with Crippen molar-refractivity contribution in [2.24, 2.45) is 0 Å². The van der Waals surface area contributed by atoms with E-state index in [1.165, 1.54) is 38.5 Å². The molecule has 1 aliphatic carbocycles. The molecule has 17 heavy (non-hydrogen) atoms. The molecular weight excluding hydrogens is 230 g/mol. The van der Waals surface area contributed by atoms with E-state index in [-0.39, 0.29) is 6.10 Å². The maximum atomic E-state index is 9.64. The fourth-order valence-electron chi connectivity index (χ4n) is 2.39. The second-order valence-electron chi connectivity index (χ2n) is 5.32. The molecule has 0 aromatic heterocycles. The fourth-order valence-corrected chi connectivity index (χ4v) is 3.89. The molecule has 1 rings (SSSR count). The van der Waals surface area contributed by atoms with E-state index in [1.54, 1.807) is 0 Å². The Labute approximate surface area is 111 Å². The highest BCUT2D eigenvalue weighted by Crippen LogP contribution is 2.31. The zero-order chi connectivity index (χ0) is 12.7. The van der Waals surface area contributed by atoms with Gasteiger partial charge in [0, 0.05) is 16.5 Å². The van der Waals surface area contributed by atoms with Gasteiger partial charge in [0.05, 0.1) is 6.10 Å². The maximum absolute atomic E-state index is 9.64. The van der Waals surface area contributed by atoms with Gasteiger partial charge in [-0.05, 0) is 32.7 Å². The zero-order valence-electron chi connectivity index (χ0n) is 11.6. The highest BCUT2D eigenvalue weighted by atomic mass is 32.2. The third-order valence-corrected chi connectivity index (χ3v) is 5.41. The van der Waals surface area contributed by atoms with Crippen LogP contribution in [0.1, 0.15) is 59.3 Å². The van der Waals surface area contributed by atoms with Crippen molar-refractivity contribution in [1.29, 1.82) is 0 Å². The molecule has 0 spiro atoms. The van der Waals surface area contributed by atoms with Gasteiger partial charge in [-0.25, -0.2) is 0 Å². The third kappa shape index (κ3) is 5.62. The lowest BCUT2D eigenvalue weighted by Crippen LogP contribution is -2.39. The van der Waals surface area contributed by atoms with Gasteiger partial charge in [0.25, 0.3) is 0 Å². The van der Waals surface area contributed by atoms with Crippen LogP contribution in [0.3, 0.4) is 0 Å². The first-order chi connectivity index (χ1) is 8.15. The Morgan fingerprint density at radius 1 is 1.24 bits per heavy atom. The van der Waals surface area contributed by atoms with Crippen molar-refractivity contribution in [3.05, 3.63) is 0 Å². The molecule has 3 heteroatoms. The maximum Gasteiger partial charge on any atom is 0.0628 e. The lowest BCUT2D eigenvalue weighted by molar-refractivity contribution is 0.196. The molecule has 1 aliphatic rings. The van der Waals surface area contributed by atoms with E-state index in [0.717, 1.165) is 6.54 Å². The Hall–Kier alpha value is 0.270. The van der Waals surface area contributed by atoms with Crippen LogP contribution in [0.15, 0.2) is 0 Å². The van der Waals surface area contributed by atoms with Crippen LogP contribution in [0.25, 0.3) is 0 Å². The number of hydrogen-bond acceptors (Lipinski definition) is 3. The summed E-state index contributed by atoms with van der Waals surface area (Å²) in [4.78, 5) is 0. The van der Waals surface area contributed by atoms with Crippen molar-refractivity contribution in [2.75, 3.05) is 6.54 Å². The average molecular weight is 259 g/mol. The number of nitrogens with one attached hydrogen (secondary N) is 1. The Morgan fingerprint density at radius 3 is 2.59 bits per heavy atom. The van der Waals surface area contributed by atoms with E-state index < -0.39 is 0 Å². The molecular formula is C14H29NOS. The molecule has 102 valence electrons. The van der Waals surface area contributed by atoms with Crippen LogP contribution < -0.4 is 5.32 Å². The van der Waals surface area contributed by atoms with Gasteiger partial charge in [-0.15, -0.1) is 0 Å². The minimum absolute atomic E-state index is 0.199. The van der Waals surface area contributed by atoms with E-state index in [9.17, 15) is 5.11 Å². The molecule has 0 aromatic rings. The summed E-state index contributed by atoms with van der Waals surface area (Å²) in [5.41, 5.74) is 0.